The number of aliphatic hydroxyl groups excluding tert-OH is 1. The number of hydrogen-bond donors (Lipinski definition) is 4. The van der Waals surface area contributed by atoms with Crippen LogP contribution in [-0.2, 0) is 16.1 Å². The van der Waals surface area contributed by atoms with Crippen LogP contribution in [0.15, 0.2) is 41.0 Å². The number of rotatable bonds is 9. The van der Waals surface area contributed by atoms with Crippen molar-refractivity contribution in [3.63, 3.8) is 0 Å². The zero-order chi connectivity index (χ0) is 23.3. The summed E-state index contributed by atoms with van der Waals surface area (Å²) < 4.78 is 5.78. The van der Waals surface area contributed by atoms with E-state index in [4.69, 9.17) is 10.2 Å². The van der Waals surface area contributed by atoms with Crippen molar-refractivity contribution in [1.29, 1.82) is 0 Å². The van der Waals surface area contributed by atoms with E-state index < -0.39 is 6.10 Å². The van der Waals surface area contributed by atoms with Crippen LogP contribution in [0.5, 0.6) is 0 Å². The summed E-state index contributed by atoms with van der Waals surface area (Å²) in [6.07, 6.45) is 4.08. The van der Waals surface area contributed by atoms with E-state index in [2.05, 4.69) is 15.6 Å². The molecular formula is C23H27N5O4. The largest absolute Gasteiger partial charge is 0.459 e. The number of anilines is 3. The number of aldehydes is 1. The first-order valence-corrected chi connectivity index (χ1v) is 10.1. The Morgan fingerprint density at radius 1 is 1.41 bits per heavy atom. The molecule has 0 spiro atoms. The number of amides is 1. The molecule has 0 saturated carbocycles. The van der Waals surface area contributed by atoms with E-state index >= 15 is 0 Å². The number of pyridine rings is 1. The fourth-order valence-corrected chi connectivity index (χ4v) is 3.29. The molecule has 0 aliphatic heterocycles. The van der Waals surface area contributed by atoms with Gasteiger partial charge in [0.2, 0.25) is 5.91 Å². The highest BCUT2D eigenvalue weighted by atomic mass is 16.3. The molecule has 2 aromatic heterocycles. The molecule has 168 valence electrons. The molecule has 9 nitrogen and oxygen atoms in total. The molecule has 0 radical (unpaired) electrons. The molecule has 0 saturated heterocycles. The Balaban J connectivity index is 1.73. The van der Waals surface area contributed by atoms with Crippen LogP contribution in [0.4, 0.5) is 17.2 Å². The van der Waals surface area contributed by atoms with Gasteiger partial charge < -0.3 is 35.6 Å². The van der Waals surface area contributed by atoms with E-state index in [1.807, 2.05) is 19.1 Å². The first-order valence-electron chi connectivity index (χ1n) is 10.1. The highest BCUT2D eigenvalue weighted by molar-refractivity contribution is 5.94. The number of nitrogens with two attached hydrogens (primary N) is 1. The Labute approximate surface area is 185 Å². The van der Waals surface area contributed by atoms with Crippen molar-refractivity contribution in [2.24, 2.45) is 0 Å². The number of nitrogen functional groups attached to an aromatic ring is 1. The number of furan rings is 1. The number of hydrogen-bond acceptors (Lipinski definition) is 8. The van der Waals surface area contributed by atoms with Gasteiger partial charge in [0.05, 0.1) is 11.4 Å². The SMILES string of the molecule is CNc1ncc(/C=C/C(=O)N(C)Cc2c(C)oc3c(N)cccc23)cc1NCC(O)C=O. The number of carbonyl (C=O) groups is 2. The predicted octanol–water partition coefficient (Wildman–Crippen LogP) is 2.40. The second-order valence-electron chi connectivity index (χ2n) is 7.39. The maximum atomic E-state index is 12.7. The molecule has 32 heavy (non-hydrogen) atoms. The number of aromatic nitrogens is 1. The molecular weight excluding hydrogens is 410 g/mol. The number of nitrogens with one attached hydrogen (secondary N) is 2. The van der Waals surface area contributed by atoms with Crippen molar-refractivity contribution < 1.29 is 19.1 Å². The van der Waals surface area contributed by atoms with Crippen molar-refractivity contribution in [2.75, 3.05) is 37.0 Å². The highest BCUT2D eigenvalue weighted by Gasteiger charge is 2.16. The smallest absolute Gasteiger partial charge is 0.246 e. The molecule has 3 aromatic rings. The Kier molecular flexibility index (Phi) is 7.11. The third kappa shape index (κ3) is 5.06. The van der Waals surface area contributed by atoms with Crippen molar-refractivity contribution >= 4 is 46.4 Å². The number of likely N-dealkylation sites (N-methyl/N-ethyl adjacent to an activating group) is 1. The monoisotopic (exact) mass is 437 g/mol. The van der Waals surface area contributed by atoms with E-state index in [0.29, 0.717) is 41.2 Å². The Bertz CT molecular complexity index is 1150. The minimum Gasteiger partial charge on any atom is -0.459 e. The third-order valence-electron chi connectivity index (χ3n) is 5.04. The van der Waals surface area contributed by atoms with E-state index in [1.54, 1.807) is 43.4 Å². The third-order valence-corrected chi connectivity index (χ3v) is 5.04. The first kappa shape index (κ1) is 22.8. The summed E-state index contributed by atoms with van der Waals surface area (Å²) in [5.41, 5.74) is 9.39. The standard InChI is InChI=1S/C23H27N5O4/c1-14-18(17-5-4-6-19(24)22(17)32-14)12-28(3)21(31)8-7-15-9-20(23(25-2)27-10-15)26-11-16(30)13-29/h4-10,13,16,26,30H,11-12,24H2,1-3H3,(H,25,27)/b8-7+. The van der Waals surface area contributed by atoms with Gasteiger partial charge in [-0.05, 0) is 30.7 Å². The second kappa shape index (κ2) is 9.97. The number of para-hydroxylation sites is 1. The fourth-order valence-electron chi connectivity index (χ4n) is 3.29. The van der Waals surface area contributed by atoms with Crippen LogP contribution >= 0.6 is 0 Å². The van der Waals surface area contributed by atoms with Crippen molar-refractivity contribution in [3.8, 4) is 0 Å². The van der Waals surface area contributed by atoms with E-state index in [-0.39, 0.29) is 12.5 Å². The number of nitrogens with zero attached hydrogens (tertiary/aromatic N) is 2. The Hall–Kier alpha value is -3.85. The van der Waals surface area contributed by atoms with Gasteiger partial charge in [-0.2, -0.15) is 0 Å². The number of benzene rings is 1. The Morgan fingerprint density at radius 3 is 2.91 bits per heavy atom. The van der Waals surface area contributed by atoms with E-state index in [1.165, 1.54) is 6.08 Å². The maximum Gasteiger partial charge on any atom is 0.246 e. The number of aliphatic hydroxyl groups is 1. The molecule has 0 aliphatic rings. The summed E-state index contributed by atoms with van der Waals surface area (Å²) in [6, 6.07) is 7.34. The molecule has 0 aliphatic carbocycles. The minimum absolute atomic E-state index is 0.0528. The molecule has 1 atom stereocenters. The molecule has 1 amide bonds. The van der Waals surface area contributed by atoms with Crippen molar-refractivity contribution in [1.82, 2.24) is 9.88 Å². The van der Waals surface area contributed by atoms with E-state index in [9.17, 15) is 14.7 Å². The lowest BCUT2D eigenvalue weighted by molar-refractivity contribution is -0.125. The summed E-state index contributed by atoms with van der Waals surface area (Å²) in [6.45, 7) is 2.28. The lowest BCUT2D eigenvalue weighted by Crippen LogP contribution is -2.24. The van der Waals surface area contributed by atoms with Gasteiger partial charge >= 0.3 is 0 Å². The number of aryl methyl sites for hydroxylation is 1. The fraction of sp³-hybridized carbons (Fsp3) is 0.261. The van der Waals surface area contributed by atoms with Crippen LogP contribution in [0.25, 0.3) is 17.0 Å². The molecule has 1 aromatic carbocycles. The van der Waals surface area contributed by atoms with Gasteiger partial charge in [-0.15, -0.1) is 0 Å². The molecule has 1 unspecified atom stereocenters. The molecule has 0 fully saturated rings. The lowest BCUT2D eigenvalue weighted by atomic mass is 10.1. The van der Waals surface area contributed by atoms with Gasteiger partial charge in [-0.1, -0.05) is 12.1 Å². The van der Waals surface area contributed by atoms with Crippen LogP contribution < -0.4 is 16.4 Å². The molecule has 5 N–H and O–H groups in total. The maximum absolute atomic E-state index is 12.7. The zero-order valence-corrected chi connectivity index (χ0v) is 18.3. The van der Waals surface area contributed by atoms with Gasteiger partial charge in [-0.3, -0.25) is 4.79 Å². The van der Waals surface area contributed by atoms with Gasteiger partial charge in [0, 0.05) is 50.4 Å². The molecule has 3 rings (SSSR count). The van der Waals surface area contributed by atoms with Gasteiger partial charge in [-0.25, -0.2) is 4.98 Å². The summed E-state index contributed by atoms with van der Waals surface area (Å²) in [5, 5.41) is 16.2. The van der Waals surface area contributed by atoms with Crippen LogP contribution in [0.1, 0.15) is 16.9 Å². The van der Waals surface area contributed by atoms with Crippen molar-refractivity contribution in [2.45, 2.75) is 19.6 Å². The van der Waals surface area contributed by atoms with E-state index in [0.717, 1.165) is 16.7 Å². The molecule has 2 heterocycles. The topological polar surface area (TPSA) is 134 Å². The summed E-state index contributed by atoms with van der Waals surface area (Å²) >= 11 is 0. The number of carbonyl (C=O) groups excluding carboxylic acids is 2. The Morgan fingerprint density at radius 2 is 2.19 bits per heavy atom. The number of fused-ring (bicyclic) bond motifs is 1. The van der Waals surface area contributed by atoms with Crippen LogP contribution in [-0.4, -0.2) is 53.9 Å². The van der Waals surface area contributed by atoms with Gasteiger partial charge in [0.25, 0.3) is 0 Å². The summed E-state index contributed by atoms with van der Waals surface area (Å²) in [5.74, 6) is 1.10. The first-order chi connectivity index (χ1) is 15.3. The van der Waals surface area contributed by atoms with Crippen molar-refractivity contribution in [3.05, 3.63) is 53.4 Å². The zero-order valence-electron chi connectivity index (χ0n) is 18.3. The van der Waals surface area contributed by atoms with Crippen LogP contribution in [0.2, 0.25) is 0 Å². The van der Waals surface area contributed by atoms with Gasteiger partial charge in [0.1, 0.15) is 24.0 Å². The van der Waals surface area contributed by atoms with Gasteiger partial charge in [0.15, 0.2) is 5.58 Å². The predicted molar refractivity (Wildman–Crippen MR) is 125 cm³/mol. The summed E-state index contributed by atoms with van der Waals surface area (Å²) in [4.78, 5) is 29.2. The van der Waals surface area contributed by atoms with Crippen LogP contribution in [0, 0.1) is 6.92 Å². The molecule has 9 heteroatoms. The second-order valence-corrected chi connectivity index (χ2v) is 7.39. The average Bonchev–Trinajstić information content (AvgIpc) is 3.12. The average molecular weight is 438 g/mol. The highest BCUT2D eigenvalue weighted by Crippen LogP contribution is 2.30. The quantitative estimate of drug-likeness (QED) is 0.228. The van der Waals surface area contributed by atoms with Crippen LogP contribution in [0.3, 0.4) is 0 Å². The summed E-state index contributed by atoms with van der Waals surface area (Å²) in [7, 11) is 3.43. The normalized spacial score (nSPS) is 12.1. The lowest BCUT2D eigenvalue weighted by Gasteiger charge is -2.15. The molecule has 0 bridgehead atoms. The minimum atomic E-state index is -1.12.